The number of nitrogens with one attached hydrogen (secondary N) is 4. The number of ether oxygens (including phenoxy) is 2. The first-order valence-electron chi connectivity index (χ1n) is 20.6. The molecule has 5 N–H and O–H groups in total. The molecule has 0 unspecified atom stereocenters. The van der Waals surface area contributed by atoms with Gasteiger partial charge in [-0.05, 0) is 75.6 Å². The van der Waals surface area contributed by atoms with Gasteiger partial charge >= 0.3 is 5.97 Å². The van der Waals surface area contributed by atoms with Gasteiger partial charge in [0.15, 0.2) is 5.60 Å². The molecular formula is C43H50FN7O11. The van der Waals surface area contributed by atoms with Crippen LogP contribution < -0.4 is 26.8 Å². The Kier molecular flexibility index (Phi) is 14.3. The van der Waals surface area contributed by atoms with Gasteiger partial charge in [-0.3, -0.25) is 38.5 Å². The van der Waals surface area contributed by atoms with Crippen molar-refractivity contribution in [2.45, 2.75) is 96.9 Å². The highest BCUT2D eigenvalue weighted by Crippen LogP contribution is 2.41. The minimum Gasteiger partial charge on any atom is -0.458 e. The number of nitrogens with zero attached hydrogens (tertiary/aromatic N) is 3. The molecule has 0 bridgehead atoms. The number of carbonyl (C=O) groups is 7. The Hall–Kier alpha value is -6.34. The smallest absolute Gasteiger partial charge is 0.343 e. The standard InChI is InChI=1S/C43H50FN7O11/c1-4-43(60)30-17-33-39-28(21-51(33)41(58)29(30)22-62-42(43)59)26(27-16-24(2)31(44)18-32(27)49-39)10-7-9-15-61-23-47-35(53)19-46-40(57)25(3)48-36(54)20-45-34(52)11-6-5-8-14-50-37(55)12-13-38(50)56/h12-13,16-18,25,60H,4-11,14-15,19-23H2,1-3H3,(H,45,52)(H,46,57)(H,47,53)(H,48,54)/t25-,43-/m0/s1. The minimum atomic E-state index is -1.98. The fourth-order valence-corrected chi connectivity index (χ4v) is 7.68. The monoisotopic (exact) mass is 859 g/mol. The van der Waals surface area contributed by atoms with Gasteiger partial charge in [0.2, 0.25) is 23.6 Å². The van der Waals surface area contributed by atoms with Crippen LogP contribution in [-0.2, 0) is 68.2 Å². The SMILES string of the molecule is CC[C@@]1(O)C(=O)OCc2c1cc1n(c2=O)Cc2c-1nc1cc(F)c(C)cc1c2CCCCOCNC(=O)CNC(=O)[C@H](C)NC(=O)CNC(=O)CCCCCN1C(=O)C=CC1=O. The van der Waals surface area contributed by atoms with Crippen LogP contribution in [0.4, 0.5) is 4.39 Å². The topological polar surface area (TPSA) is 244 Å². The maximum atomic E-state index is 14.8. The lowest BCUT2D eigenvalue weighted by molar-refractivity contribution is -0.172. The Labute approximate surface area is 355 Å². The summed E-state index contributed by atoms with van der Waals surface area (Å²) in [6.07, 6.45) is 5.97. The fraction of sp³-hybridized carbons (Fsp3) is 0.465. The van der Waals surface area contributed by atoms with Crippen LogP contribution in [0.3, 0.4) is 0 Å². The Morgan fingerprint density at radius 2 is 1.68 bits per heavy atom. The van der Waals surface area contributed by atoms with Crippen LogP contribution in [0.1, 0.15) is 86.6 Å². The molecule has 3 aliphatic rings. The molecule has 18 nitrogen and oxygen atoms in total. The minimum absolute atomic E-state index is 0.00374. The second-order valence-electron chi connectivity index (χ2n) is 15.5. The summed E-state index contributed by atoms with van der Waals surface area (Å²) in [5.41, 5.74) is 1.46. The summed E-state index contributed by atoms with van der Waals surface area (Å²) < 4.78 is 27.1. The molecule has 6 rings (SSSR count). The van der Waals surface area contributed by atoms with E-state index < -0.39 is 46.7 Å². The van der Waals surface area contributed by atoms with Gasteiger partial charge < -0.3 is 40.4 Å². The van der Waals surface area contributed by atoms with Gasteiger partial charge in [-0.1, -0.05) is 13.3 Å². The molecule has 0 aliphatic carbocycles. The van der Waals surface area contributed by atoms with Gasteiger partial charge in [0, 0.05) is 54.3 Å². The number of halogens is 1. The summed E-state index contributed by atoms with van der Waals surface area (Å²) in [7, 11) is 0. The largest absolute Gasteiger partial charge is 0.458 e. The normalized spacial score (nSPS) is 16.7. The average molecular weight is 860 g/mol. The lowest BCUT2D eigenvalue weighted by atomic mass is 9.86. The van der Waals surface area contributed by atoms with Crippen LogP contribution in [0, 0.1) is 12.7 Å². The first-order valence-corrected chi connectivity index (χ1v) is 20.6. The zero-order chi connectivity index (χ0) is 44.7. The summed E-state index contributed by atoms with van der Waals surface area (Å²) >= 11 is 0. The Morgan fingerprint density at radius 1 is 0.935 bits per heavy atom. The lowest BCUT2D eigenvalue weighted by Gasteiger charge is -2.31. The highest BCUT2D eigenvalue weighted by Gasteiger charge is 2.45. The van der Waals surface area contributed by atoms with Crippen LogP contribution in [0.15, 0.2) is 35.1 Å². The summed E-state index contributed by atoms with van der Waals surface area (Å²) in [6, 6.07) is 3.73. The van der Waals surface area contributed by atoms with E-state index in [0.29, 0.717) is 61.0 Å². The Balaban J connectivity index is 0.906. The van der Waals surface area contributed by atoms with E-state index in [2.05, 4.69) is 21.3 Å². The second-order valence-corrected chi connectivity index (χ2v) is 15.5. The molecule has 0 fully saturated rings. The maximum absolute atomic E-state index is 14.8. The van der Waals surface area contributed by atoms with E-state index in [-0.39, 0.29) is 87.8 Å². The number of unbranched alkanes of at least 4 members (excludes halogenated alkanes) is 3. The summed E-state index contributed by atoms with van der Waals surface area (Å²) in [5, 5.41) is 21.9. The van der Waals surface area contributed by atoms with Crippen molar-refractivity contribution in [1.82, 2.24) is 35.7 Å². The molecule has 0 radical (unpaired) electrons. The number of esters is 1. The third-order valence-corrected chi connectivity index (χ3v) is 11.2. The van der Waals surface area contributed by atoms with Crippen LogP contribution >= 0.6 is 0 Å². The predicted molar refractivity (Wildman–Crippen MR) is 219 cm³/mol. The number of hydrogen-bond donors (Lipinski definition) is 5. The quantitative estimate of drug-likeness (QED) is 0.0364. The maximum Gasteiger partial charge on any atom is 0.343 e. The van der Waals surface area contributed by atoms with E-state index >= 15 is 0 Å². The zero-order valence-corrected chi connectivity index (χ0v) is 34.8. The van der Waals surface area contributed by atoms with Crippen molar-refractivity contribution in [1.29, 1.82) is 0 Å². The molecule has 2 atom stereocenters. The van der Waals surface area contributed by atoms with E-state index in [1.165, 1.54) is 25.1 Å². The number of carbonyl (C=O) groups excluding carboxylic acids is 7. The number of benzene rings is 1. The van der Waals surface area contributed by atoms with E-state index in [1.54, 1.807) is 30.5 Å². The number of cyclic esters (lactones) is 1. The first-order chi connectivity index (χ1) is 29.6. The molecule has 0 saturated heterocycles. The molecule has 3 aromatic rings. The van der Waals surface area contributed by atoms with Gasteiger partial charge in [-0.15, -0.1) is 0 Å². The van der Waals surface area contributed by atoms with E-state index in [4.69, 9.17) is 14.5 Å². The predicted octanol–water partition coefficient (Wildman–Crippen LogP) is 1.16. The molecule has 19 heteroatoms. The molecule has 62 heavy (non-hydrogen) atoms. The molecule has 5 heterocycles. The molecule has 330 valence electrons. The van der Waals surface area contributed by atoms with Crippen molar-refractivity contribution < 1.29 is 52.5 Å². The molecule has 6 amide bonds. The molecule has 3 aliphatic heterocycles. The van der Waals surface area contributed by atoms with Gasteiger partial charge in [0.1, 0.15) is 25.2 Å². The molecule has 0 saturated carbocycles. The van der Waals surface area contributed by atoms with Crippen molar-refractivity contribution in [2.24, 2.45) is 0 Å². The van der Waals surface area contributed by atoms with Crippen molar-refractivity contribution in [3.63, 3.8) is 0 Å². The number of aliphatic hydroxyl groups is 1. The van der Waals surface area contributed by atoms with Gasteiger partial charge in [0.05, 0.1) is 42.1 Å². The van der Waals surface area contributed by atoms with Crippen molar-refractivity contribution >= 4 is 52.3 Å². The number of aryl methyl sites for hydroxylation is 2. The van der Waals surface area contributed by atoms with Gasteiger partial charge in [-0.2, -0.15) is 0 Å². The van der Waals surface area contributed by atoms with E-state index in [0.717, 1.165) is 21.4 Å². The number of fused-ring (bicyclic) bond motifs is 5. The number of hydrogen-bond acceptors (Lipinski definition) is 12. The number of aromatic nitrogens is 2. The van der Waals surface area contributed by atoms with Crippen LogP contribution in [0.25, 0.3) is 22.3 Å². The van der Waals surface area contributed by atoms with E-state index in [1.807, 2.05) is 0 Å². The second kappa shape index (κ2) is 19.6. The average Bonchev–Trinajstić information content (AvgIpc) is 3.78. The number of amides is 6. The van der Waals surface area contributed by atoms with E-state index in [9.17, 15) is 47.9 Å². The summed E-state index contributed by atoms with van der Waals surface area (Å²) in [4.78, 5) is 105. The van der Waals surface area contributed by atoms with Crippen molar-refractivity contribution in [3.8, 4) is 11.4 Å². The Bertz CT molecular complexity index is 2400. The molecule has 1 aromatic carbocycles. The highest BCUT2D eigenvalue weighted by atomic mass is 19.1. The summed E-state index contributed by atoms with van der Waals surface area (Å²) in [5.74, 6) is -4.05. The van der Waals surface area contributed by atoms with Crippen LogP contribution in [0.5, 0.6) is 0 Å². The summed E-state index contributed by atoms with van der Waals surface area (Å²) in [6.45, 7) is 4.38. The molecular weight excluding hydrogens is 810 g/mol. The molecule has 0 spiro atoms. The van der Waals surface area contributed by atoms with Crippen molar-refractivity contribution in [2.75, 3.05) is 33.0 Å². The third-order valence-electron chi connectivity index (χ3n) is 11.2. The third kappa shape index (κ3) is 9.89. The fourth-order valence-electron chi connectivity index (χ4n) is 7.68. The highest BCUT2D eigenvalue weighted by molar-refractivity contribution is 6.12. The van der Waals surface area contributed by atoms with Gasteiger partial charge in [0.25, 0.3) is 17.4 Å². The zero-order valence-electron chi connectivity index (χ0n) is 34.8. The number of rotatable bonds is 20. The lowest BCUT2D eigenvalue weighted by Crippen LogP contribution is -2.49. The van der Waals surface area contributed by atoms with Crippen molar-refractivity contribution in [3.05, 3.63) is 74.3 Å². The van der Waals surface area contributed by atoms with Crippen LogP contribution in [0.2, 0.25) is 0 Å². The number of imide groups is 1. The first kappa shape index (κ1) is 45.2. The number of pyridine rings is 2. The van der Waals surface area contributed by atoms with Gasteiger partial charge in [-0.25, -0.2) is 14.2 Å². The Morgan fingerprint density at radius 3 is 2.42 bits per heavy atom. The van der Waals surface area contributed by atoms with Crippen LogP contribution in [-0.4, -0.2) is 100.0 Å². The molecule has 2 aromatic heterocycles.